The third-order valence-corrected chi connectivity index (χ3v) is 5.53. The van der Waals surface area contributed by atoms with Gasteiger partial charge in [-0.3, -0.25) is 4.90 Å². The SMILES string of the molecule is Cc1cccc(C)c1-n1nnnc1C(c1ccc(N(C)C)cc1)N1CCOCC1. The second-order valence-corrected chi connectivity index (χ2v) is 7.73. The standard InChI is InChI=1S/C22H28N6O/c1-16-6-5-7-17(2)20(16)28-22(23-24-25-28)21(27-12-14-29-15-13-27)18-8-10-19(11-9-18)26(3)4/h5-11,21H,12-15H2,1-4H3. The van der Waals surface area contributed by atoms with Crippen molar-refractivity contribution in [2.24, 2.45) is 0 Å². The minimum Gasteiger partial charge on any atom is -0.379 e. The van der Waals surface area contributed by atoms with E-state index in [9.17, 15) is 0 Å². The quantitative estimate of drug-likeness (QED) is 0.665. The smallest absolute Gasteiger partial charge is 0.178 e. The molecule has 29 heavy (non-hydrogen) atoms. The number of hydrogen-bond acceptors (Lipinski definition) is 6. The van der Waals surface area contributed by atoms with Crippen LogP contribution in [0.1, 0.15) is 28.6 Å². The second kappa shape index (κ2) is 8.31. The van der Waals surface area contributed by atoms with Crippen LogP contribution in [-0.4, -0.2) is 65.5 Å². The van der Waals surface area contributed by atoms with Crippen molar-refractivity contribution < 1.29 is 4.74 Å². The lowest BCUT2D eigenvalue weighted by Gasteiger charge is -2.34. The summed E-state index contributed by atoms with van der Waals surface area (Å²) in [5.41, 5.74) is 5.71. The summed E-state index contributed by atoms with van der Waals surface area (Å²) < 4.78 is 7.51. The van der Waals surface area contributed by atoms with Gasteiger partial charge in [-0.1, -0.05) is 30.3 Å². The Morgan fingerprint density at radius 2 is 1.62 bits per heavy atom. The molecule has 3 aromatic rings. The number of para-hydroxylation sites is 1. The van der Waals surface area contributed by atoms with E-state index in [4.69, 9.17) is 4.74 Å². The van der Waals surface area contributed by atoms with E-state index in [0.717, 1.165) is 48.9 Å². The first-order chi connectivity index (χ1) is 14.1. The van der Waals surface area contributed by atoms with Crippen molar-refractivity contribution in [1.29, 1.82) is 0 Å². The van der Waals surface area contributed by atoms with E-state index in [1.807, 2.05) is 4.68 Å². The van der Waals surface area contributed by atoms with Gasteiger partial charge in [-0.15, -0.1) is 5.10 Å². The second-order valence-electron chi connectivity index (χ2n) is 7.73. The molecule has 2 aromatic carbocycles. The molecule has 1 aromatic heterocycles. The Hall–Kier alpha value is -2.77. The van der Waals surface area contributed by atoms with Crippen molar-refractivity contribution in [2.45, 2.75) is 19.9 Å². The predicted molar refractivity (Wildman–Crippen MR) is 114 cm³/mol. The molecule has 1 aliphatic heterocycles. The minimum atomic E-state index is -0.0379. The number of rotatable bonds is 5. The average molecular weight is 393 g/mol. The highest BCUT2D eigenvalue weighted by molar-refractivity contribution is 5.49. The number of ether oxygens (including phenoxy) is 1. The van der Waals surface area contributed by atoms with E-state index in [2.05, 4.69) is 95.7 Å². The van der Waals surface area contributed by atoms with Crippen LogP contribution in [0.2, 0.25) is 0 Å². The summed E-state index contributed by atoms with van der Waals surface area (Å²) >= 11 is 0. The fourth-order valence-electron chi connectivity index (χ4n) is 3.98. The maximum Gasteiger partial charge on any atom is 0.178 e. The first-order valence-corrected chi connectivity index (χ1v) is 10.00. The van der Waals surface area contributed by atoms with Crippen LogP contribution >= 0.6 is 0 Å². The molecule has 7 heteroatoms. The Morgan fingerprint density at radius 1 is 0.966 bits per heavy atom. The summed E-state index contributed by atoms with van der Waals surface area (Å²) in [5.74, 6) is 0.835. The highest BCUT2D eigenvalue weighted by Crippen LogP contribution is 2.31. The zero-order valence-corrected chi connectivity index (χ0v) is 17.5. The van der Waals surface area contributed by atoms with Gasteiger partial charge in [-0.25, -0.2) is 0 Å². The third kappa shape index (κ3) is 3.88. The predicted octanol–water partition coefficient (Wildman–Crippen LogP) is 2.77. The van der Waals surface area contributed by atoms with Crippen LogP contribution in [0, 0.1) is 13.8 Å². The number of aromatic nitrogens is 4. The van der Waals surface area contributed by atoms with Gasteiger partial charge < -0.3 is 9.64 Å². The minimum absolute atomic E-state index is 0.0379. The maximum absolute atomic E-state index is 5.60. The van der Waals surface area contributed by atoms with Gasteiger partial charge in [0, 0.05) is 32.9 Å². The van der Waals surface area contributed by atoms with E-state index in [-0.39, 0.29) is 6.04 Å². The molecule has 7 nitrogen and oxygen atoms in total. The van der Waals surface area contributed by atoms with Crippen LogP contribution < -0.4 is 4.90 Å². The van der Waals surface area contributed by atoms with Gasteiger partial charge >= 0.3 is 0 Å². The van der Waals surface area contributed by atoms with Gasteiger partial charge in [-0.2, -0.15) is 4.68 Å². The maximum atomic E-state index is 5.60. The molecule has 0 amide bonds. The number of morpholine rings is 1. The molecule has 0 aliphatic carbocycles. The molecule has 1 atom stereocenters. The van der Waals surface area contributed by atoms with Gasteiger partial charge in [0.1, 0.15) is 0 Å². The number of nitrogens with zero attached hydrogens (tertiary/aromatic N) is 6. The average Bonchev–Trinajstić information content (AvgIpc) is 3.18. The summed E-state index contributed by atoms with van der Waals surface area (Å²) in [7, 11) is 4.10. The number of benzene rings is 2. The van der Waals surface area contributed by atoms with Gasteiger partial charge in [0.25, 0.3) is 0 Å². The number of hydrogen-bond donors (Lipinski definition) is 0. The Bertz CT molecular complexity index is 939. The van der Waals surface area contributed by atoms with Crippen LogP contribution in [0.5, 0.6) is 0 Å². The first kappa shape index (κ1) is 19.5. The summed E-state index contributed by atoms with van der Waals surface area (Å²) in [4.78, 5) is 4.51. The summed E-state index contributed by atoms with van der Waals surface area (Å²) in [6.07, 6.45) is 0. The van der Waals surface area contributed by atoms with Gasteiger partial charge in [0.2, 0.25) is 0 Å². The monoisotopic (exact) mass is 392 g/mol. The normalized spacial score (nSPS) is 16.0. The number of tetrazole rings is 1. The van der Waals surface area contributed by atoms with Crippen molar-refractivity contribution in [2.75, 3.05) is 45.3 Å². The van der Waals surface area contributed by atoms with Crippen molar-refractivity contribution in [1.82, 2.24) is 25.1 Å². The lowest BCUT2D eigenvalue weighted by molar-refractivity contribution is 0.0220. The van der Waals surface area contributed by atoms with E-state index < -0.39 is 0 Å². The molecule has 0 spiro atoms. The lowest BCUT2D eigenvalue weighted by Crippen LogP contribution is -2.40. The summed E-state index contributed by atoms with van der Waals surface area (Å²) in [6, 6.07) is 14.9. The van der Waals surface area contributed by atoms with E-state index in [1.165, 1.54) is 11.3 Å². The Kier molecular flexibility index (Phi) is 5.60. The molecular weight excluding hydrogens is 364 g/mol. The summed E-state index contributed by atoms with van der Waals surface area (Å²) in [5, 5.41) is 12.9. The van der Waals surface area contributed by atoms with E-state index in [0.29, 0.717) is 0 Å². The molecule has 2 heterocycles. The van der Waals surface area contributed by atoms with E-state index in [1.54, 1.807) is 0 Å². The van der Waals surface area contributed by atoms with Crippen LogP contribution in [-0.2, 0) is 4.74 Å². The molecule has 1 aliphatic rings. The molecule has 0 N–H and O–H groups in total. The molecule has 4 rings (SSSR count). The van der Waals surface area contributed by atoms with Gasteiger partial charge in [-0.05, 0) is 53.1 Å². The topological polar surface area (TPSA) is 59.3 Å². The van der Waals surface area contributed by atoms with Crippen molar-refractivity contribution >= 4 is 5.69 Å². The Balaban J connectivity index is 1.82. The molecule has 1 fully saturated rings. The van der Waals surface area contributed by atoms with Gasteiger partial charge in [0.15, 0.2) is 5.82 Å². The molecule has 1 saturated heterocycles. The van der Waals surface area contributed by atoms with E-state index >= 15 is 0 Å². The molecule has 152 valence electrons. The van der Waals surface area contributed by atoms with Crippen LogP contribution in [0.4, 0.5) is 5.69 Å². The molecule has 0 saturated carbocycles. The third-order valence-electron chi connectivity index (χ3n) is 5.53. The summed E-state index contributed by atoms with van der Waals surface area (Å²) in [6.45, 7) is 7.33. The highest BCUT2D eigenvalue weighted by atomic mass is 16.5. The highest BCUT2D eigenvalue weighted by Gasteiger charge is 2.30. The number of anilines is 1. The fraction of sp³-hybridized carbons (Fsp3) is 0.409. The Morgan fingerprint density at radius 3 is 2.24 bits per heavy atom. The molecular formula is C22H28N6O. The van der Waals surface area contributed by atoms with Crippen molar-refractivity contribution in [3.63, 3.8) is 0 Å². The number of aryl methyl sites for hydroxylation is 2. The van der Waals surface area contributed by atoms with Crippen LogP contribution in [0.25, 0.3) is 5.69 Å². The van der Waals surface area contributed by atoms with Crippen LogP contribution in [0.3, 0.4) is 0 Å². The largest absolute Gasteiger partial charge is 0.379 e. The zero-order chi connectivity index (χ0) is 20.4. The zero-order valence-electron chi connectivity index (χ0n) is 17.5. The first-order valence-electron chi connectivity index (χ1n) is 10.00. The fourth-order valence-corrected chi connectivity index (χ4v) is 3.98. The van der Waals surface area contributed by atoms with Crippen molar-refractivity contribution in [3.05, 3.63) is 65.0 Å². The molecule has 0 radical (unpaired) electrons. The molecule has 0 bridgehead atoms. The Labute approximate surface area is 171 Å². The van der Waals surface area contributed by atoms with Crippen LogP contribution in [0.15, 0.2) is 42.5 Å². The van der Waals surface area contributed by atoms with Crippen molar-refractivity contribution in [3.8, 4) is 5.69 Å². The lowest BCUT2D eigenvalue weighted by atomic mass is 10.0. The molecule has 1 unspecified atom stereocenters. The van der Waals surface area contributed by atoms with Gasteiger partial charge in [0.05, 0.1) is 24.9 Å².